The Morgan fingerprint density at radius 2 is 1.18 bits per heavy atom. The summed E-state index contributed by atoms with van der Waals surface area (Å²) in [5.74, 6) is -3.60. The van der Waals surface area contributed by atoms with Crippen molar-refractivity contribution in [2.45, 2.75) is 18.9 Å². The highest BCUT2D eigenvalue weighted by atomic mass is 16.6. The molecular weight excluding hydrogens is 366 g/mol. The maximum absolute atomic E-state index is 11.9. The number of carbonyl (C=O) groups is 4. The molecule has 2 aromatic rings. The van der Waals surface area contributed by atoms with Gasteiger partial charge in [0.25, 0.3) is 0 Å². The molecule has 0 spiro atoms. The minimum absolute atomic E-state index is 0.128. The van der Waals surface area contributed by atoms with Crippen LogP contribution in [-0.2, 0) is 19.1 Å². The first kappa shape index (κ1) is 20.6. The molecule has 0 saturated carbocycles. The fourth-order valence-corrected chi connectivity index (χ4v) is 2.07. The van der Waals surface area contributed by atoms with Crippen molar-refractivity contribution >= 4 is 35.3 Å². The van der Waals surface area contributed by atoms with Crippen LogP contribution in [0.5, 0.6) is 0 Å². The normalized spacial score (nSPS) is 11.3. The Kier molecular flexibility index (Phi) is 6.83. The van der Waals surface area contributed by atoms with E-state index in [1.54, 1.807) is 0 Å². The van der Waals surface area contributed by atoms with Crippen LogP contribution >= 0.6 is 0 Å². The molecular formula is C19H19N3O6. The van der Waals surface area contributed by atoms with Crippen LogP contribution in [0.3, 0.4) is 0 Å². The number of ether oxygens (including phenoxy) is 2. The summed E-state index contributed by atoms with van der Waals surface area (Å²) in [7, 11) is 0. The van der Waals surface area contributed by atoms with Crippen LogP contribution in [-0.4, -0.2) is 29.9 Å². The minimum atomic E-state index is -1.24. The number of nitrogens with two attached hydrogens (primary N) is 3. The fraction of sp³-hybridized carbons (Fsp3) is 0.158. The number of benzene rings is 2. The van der Waals surface area contributed by atoms with E-state index < -0.39 is 29.9 Å². The summed E-state index contributed by atoms with van der Waals surface area (Å²) in [5.41, 5.74) is 17.8. The lowest BCUT2D eigenvalue weighted by Gasteiger charge is -2.10. The summed E-state index contributed by atoms with van der Waals surface area (Å²) in [4.78, 5) is 47.3. The van der Waals surface area contributed by atoms with Crippen molar-refractivity contribution in [3.8, 4) is 0 Å². The van der Waals surface area contributed by atoms with E-state index in [1.807, 2.05) is 0 Å². The molecule has 9 nitrogen and oxygen atoms in total. The van der Waals surface area contributed by atoms with Crippen molar-refractivity contribution in [1.82, 2.24) is 0 Å². The molecule has 0 radical (unpaired) electrons. The number of hydrogen-bond donors (Lipinski definition) is 3. The van der Waals surface area contributed by atoms with E-state index in [0.717, 1.165) is 0 Å². The minimum Gasteiger partial charge on any atom is -0.399 e. The molecule has 0 saturated heterocycles. The van der Waals surface area contributed by atoms with Crippen LogP contribution in [0.1, 0.15) is 33.6 Å². The third-order valence-electron chi connectivity index (χ3n) is 3.65. The number of nitrogen functional groups attached to an aromatic ring is 2. The Bertz CT molecular complexity index is 878. The molecule has 0 aliphatic rings. The van der Waals surface area contributed by atoms with E-state index in [9.17, 15) is 19.2 Å². The monoisotopic (exact) mass is 385 g/mol. The van der Waals surface area contributed by atoms with Gasteiger partial charge >= 0.3 is 23.9 Å². The Labute approximate surface area is 160 Å². The van der Waals surface area contributed by atoms with E-state index in [1.165, 1.54) is 48.5 Å². The molecule has 6 N–H and O–H groups in total. The van der Waals surface area contributed by atoms with Gasteiger partial charge in [-0.05, 0) is 55.0 Å². The van der Waals surface area contributed by atoms with Crippen molar-refractivity contribution in [3.63, 3.8) is 0 Å². The second kappa shape index (κ2) is 9.28. The average molecular weight is 385 g/mol. The molecule has 0 heterocycles. The summed E-state index contributed by atoms with van der Waals surface area (Å²) in [6.07, 6.45) is -0.477. The lowest BCUT2D eigenvalue weighted by molar-refractivity contribution is -0.140. The highest BCUT2D eigenvalue weighted by Gasteiger charge is 2.22. The zero-order valence-corrected chi connectivity index (χ0v) is 14.8. The van der Waals surface area contributed by atoms with Crippen LogP contribution in [0.2, 0.25) is 0 Å². The molecule has 0 bridgehead atoms. The smallest absolute Gasteiger partial charge is 0.345 e. The summed E-state index contributed by atoms with van der Waals surface area (Å²) < 4.78 is 9.32. The molecule has 0 aliphatic carbocycles. The van der Waals surface area contributed by atoms with Gasteiger partial charge in [-0.3, -0.25) is 4.79 Å². The molecule has 0 aromatic heterocycles. The lowest BCUT2D eigenvalue weighted by atomic mass is 10.1. The average Bonchev–Trinajstić information content (AvgIpc) is 2.66. The highest BCUT2D eigenvalue weighted by molar-refractivity contribution is 5.99. The molecule has 9 heteroatoms. The van der Waals surface area contributed by atoms with E-state index >= 15 is 0 Å². The summed E-state index contributed by atoms with van der Waals surface area (Å²) in [6.45, 7) is 0. The second-order valence-electron chi connectivity index (χ2n) is 5.86. The van der Waals surface area contributed by atoms with Gasteiger partial charge in [0.05, 0.1) is 11.1 Å². The topological polar surface area (TPSA) is 165 Å². The number of anilines is 2. The second-order valence-corrected chi connectivity index (χ2v) is 5.86. The number of hydrogen-bond acceptors (Lipinski definition) is 9. The third-order valence-corrected chi connectivity index (χ3v) is 3.65. The van der Waals surface area contributed by atoms with Crippen LogP contribution in [0.25, 0.3) is 0 Å². The first-order valence-electron chi connectivity index (χ1n) is 8.24. The molecule has 0 fully saturated rings. The van der Waals surface area contributed by atoms with Gasteiger partial charge in [-0.1, -0.05) is 0 Å². The van der Waals surface area contributed by atoms with E-state index in [2.05, 4.69) is 9.47 Å². The van der Waals surface area contributed by atoms with Crippen molar-refractivity contribution in [2.75, 3.05) is 11.5 Å². The lowest BCUT2D eigenvalue weighted by Crippen LogP contribution is -2.34. The third kappa shape index (κ3) is 5.92. The van der Waals surface area contributed by atoms with Crippen molar-refractivity contribution in [1.29, 1.82) is 0 Å². The number of rotatable bonds is 6. The van der Waals surface area contributed by atoms with Crippen LogP contribution in [0.15, 0.2) is 48.5 Å². The van der Waals surface area contributed by atoms with E-state index in [4.69, 9.17) is 17.2 Å². The van der Waals surface area contributed by atoms with Gasteiger partial charge in [0.15, 0.2) is 0 Å². The molecule has 1 atom stereocenters. The van der Waals surface area contributed by atoms with Crippen molar-refractivity contribution < 1.29 is 28.7 Å². The van der Waals surface area contributed by atoms with Crippen molar-refractivity contribution in [3.05, 3.63) is 59.7 Å². The molecule has 0 unspecified atom stereocenters. The fourth-order valence-electron chi connectivity index (χ4n) is 2.07. The summed E-state index contributed by atoms with van der Waals surface area (Å²) >= 11 is 0. The first-order chi connectivity index (χ1) is 13.3. The largest absolute Gasteiger partial charge is 0.399 e. The maximum atomic E-state index is 11.9. The first-order valence-corrected chi connectivity index (χ1v) is 8.24. The van der Waals surface area contributed by atoms with Gasteiger partial charge < -0.3 is 26.7 Å². The molecule has 28 heavy (non-hydrogen) atoms. The van der Waals surface area contributed by atoms with Crippen LogP contribution in [0, 0.1) is 0 Å². The SMILES string of the molecule is Nc1ccc(C(=O)OC(=O)CC[C@H](N)C(=O)OC(=O)c2ccc(N)cc2)cc1. The Balaban J connectivity index is 1.79. The van der Waals surface area contributed by atoms with Gasteiger partial charge in [0, 0.05) is 17.8 Å². The zero-order chi connectivity index (χ0) is 20.7. The van der Waals surface area contributed by atoms with Gasteiger partial charge in [0.1, 0.15) is 6.04 Å². The van der Waals surface area contributed by atoms with E-state index in [-0.39, 0.29) is 24.0 Å². The molecule has 0 amide bonds. The molecule has 0 aliphatic heterocycles. The van der Waals surface area contributed by atoms with Crippen molar-refractivity contribution in [2.24, 2.45) is 5.73 Å². The quantitative estimate of drug-likeness (QED) is 0.374. The van der Waals surface area contributed by atoms with Gasteiger partial charge in [-0.2, -0.15) is 0 Å². The predicted molar refractivity (Wildman–Crippen MR) is 99.8 cm³/mol. The van der Waals surface area contributed by atoms with Gasteiger partial charge in [-0.25, -0.2) is 14.4 Å². The predicted octanol–water partition coefficient (Wildman–Crippen LogP) is 1.03. The molecule has 2 rings (SSSR count). The standard InChI is InChI=1S/C19H19N3O6/c20-13-5-1-11(2-6-13)17(24)27-16(23)10-9-15(22)19(26)28-18(25)12-3-7-14(21)8-4-12/h1-8,15H,9-10,20-22H2/t15-/m0/s1. The van der Waals surface area contributed by atoms with Gasteiger partial charge in [-0.15, -0.1) is 0 Å². The van der Waals surface area contributed by atoms with E-state index in [0.29, 0.717) is 11.4 Å². The zero-order valence-electron chi connectivity index (χ0n) is 14.8. The highest BCUT2D eigenvalue weighted by Crippen LogP contribution is 2.10. The van der Waals surface area contributed by atoms with Crippen LogP contribution in [0.4, 0.5) is 11.4 Å². The Hall–Kier alpha value is -3.72. The molecule has 146 valence electrons. The Morgan fingerprint density at radius 1 is 0.750 bits per heavy atom. The van der Waals surface area contributed by atoms with Gasteiger partial charge in [0.2, 0.25) is 0 Å². The Morgan fingerprint density at radius 3 is 1.64 bits per heavy atom. The summed E-state index contributed by atoms with van der Waals surface area (Å²) in [5, 5.41) is 0. The molecule has 2 aromatic carbocycles. The number of carbonyl (C=O) groups excluding carboxylic acids is 4. The number of esters is 4. The summed E-state index contributed by atoms with van der Waals surface area (Å²) in [6, 6.07) is 10.3. The van der Waals surface area contributed by atoms with Crippen LogP contribution < -0.4 is 17.2 Å². The maximum Gasteiger partial charge on any atom is 0.345 e.